The Hall–Kier alpha value is -4.23. The molecule has 2 N–H and O–H groups in total. The minimum Gasteiger partial charge on any atom is -0.485 e. The van der Waals surface area contributed by atoms with Crippen LogP contribution in [0.25, 0.3) is 16.0 Å². The van der Waals surface area contributed by atoms with Crippen molar-refractivity contribution in [2.75, 3.05) is 7.05 Å². The highest BCUT2D eigenvalue weighted by atomic mass is 19.4. The molecule has 2 aliphatic rings. The second kappa shape index (κ2) is 8.21. The van der Waals surface area contributed by atoms with Gasteiger partial charge in [-0.1, -0.05) is 36.4 Å². The molecule has 2 heterocycles. The number of hydrogen-bond donors (Lipinski definition) is 1. The largest absolute Gasteiger partial charge is 0.573 e. The SMILES string of the molecule is [C-]#[N+]c1cccc(-c2ccc3c(c2)C2(CC(c4ccc(OC(F)(F)F)cc4)O3)N=C(N)N(C)O2)c1. The lowest BCUT2D eigenvalue weighted by Gasteiger charge is -2.37. The topological polar surface area (TPSA) is 73.7 Å². The molecule has 2 aliphatic heterocycles. The van der Waals surface area contributed by atoms with Crippen LogP contribution in [0.1, 0.15) is 23.7 Å². The fourth-order valence-corrected chi connectivity index (χ4v) is 4.24. The van der Waals surface area contributed by atoms with E-state index in [1.165, 1.54) is 29.3 Å². The zero-order chi connectivity index (χ0) is 24.8. The number of alkyl halides is 3. The number of hydrogen-bond acceptors (Lipinski definition) is 6. The molecule has 0 aliphatic carbocycles. The van der Waals surface area contributed by atoms with Gasteiger partial charge < -0.3 is 15.2 Å². The molecule has 3 aromatic rings. The number of hydroxylamine groups is 2. The smallest absolute Gasteiger partial charge is 0.485 e. The number of halogens is 3. The third kappa shape index (κ3) is 4.34. The maximum absolute atomic E-state index is 12.5. The molecule has 10 heteroatoms. The normalized spacial score (nSPS) is 21.2. The van der Waals surface area contributed by atoms with Gasteiger partial charge in [-0.15, -0.1) is 13.2 Å². The Morgan fingerprint density at radius 2 is 1.86 bits per heavy atom. The molecule has 7 nitrogen and oxygen atoms in total. The van der Waals surface area contributed by atoms with E-state index in [1.54, 1.807) is 25.2 Å². The number of nitrogens with two attached hydrogens (primary N) is 1. The summed E-state index contributed by atoms with van der Waals surface area (Å²) in [5.41, 5.74) is 8.35. The molecule has 0 saturated heterocycles. The molecule has 3 aromatic carbocycles. The summed E-state index contributed by atoms with van der Waals surface area (Å²) in [6, 6.07) is 18.3. The summed E-state index contributed by atoms with van der Waals surface area (Å²) in [4.78, 5) is 14.2. The van der Waals surface area contributed by atoms with E-state index in [9.17, 15) is 13.2 Å². The quantitative estimate of drug-likeness (QED) is 0.489. The van der Waals surface area contributed by atoms with E-state index >= 15 is 0 Å². The van der Waals surface area contributed by atoms with Crippen LogP contribution in [0.3, 0.4) is 0 Å². The molecule has 0 fully saturated rings. The van der Waals surface area contributed by atoms with E-state index in [0.717, 1.165) is 11.1 Å². The van der Waals surface area contributed by atoms with Crippen LogP contribution in [0.5, 0.6) is 11.5 Å². The number of fused-ring (bicyclic) bond motifs is 2. The Balaban J connectivity index is 1.53. The van der Waals surface area contributed by atoms with Gasteiger partial charge in [-0.3, -0.25) is 0 Å². The third-order valence-electron chi connectivity index (χ3n) is 5.83. The number of aliphatic imine (C=N–C) groups is 1. The Kier molecular flexibility index (Phi) is 5.29. The van der Waals surface area contributed by atoms with Crippen molar-refractivity contribution in [2.24, 2.45) is 10.7 Å². The monoisotopic (exact) mass is 480 g/mol. The van der Waals surface area contributed by atoms with Gasteiger partial charge in [-0.2, -0.15) is 0 Å². The lowest BCUT2D eigenvalue weighted by Crippen LogP contribution is -2.36. The van der Waals surface area contributed by atoms with E-state index in [1.807, 2.05) is 24.3 Å². The number of guanidine groups is 1. The minimum atomic E-state index is -4.77. The average Bonchev–Trinajstić information content (AvgIpc) is 3.11. The first-order chi connectivity index (χ1) is 16.7. The lowest BCUT2D eigenvalue weighted by molar-refractivity contribution is -0.274. The van der Waals surface area contributed by atoms with Gasteiger partial charge in [0.25, 0.3) is 0 Å². The van der Waals surface area contributed by atoms with Crippen molar-refractivity contribution in [3.63, 3.8) is 0 Å². The fourth-order valence-electron chi connectivity index (χ4n) is 4.24. The number of ether oxygens (including phenoxy) is 2. The number of benzene rings is 3. The first kappa shape index (κ1) is 22.6. The van der Waals surface area contributed by atoms with Crippen LogP contribution < -0.4 is 15.2 Å². The van der Waals surface area contributed by atoms with E-state index in [-0.39, 0.29) is 18.1 Å². The molecule has 0 radical (unpaired) electrons. The van der Waals surface area contributed by atoms with E-state index in [4.69, 9.17) is 21.9 Å². The Bertz CT molecular complexity index is 1350. The standard InChI is InChI=1S/C25H19F3N4O3/c1-30-18-5-3-4-16(12-18)17-8-11-21-20(13-17)24(31-23(29)32(2)35-24)14-22(33-21)15-6-9-19(10-7-15)34-25(26,27)28/h3-13,22H,14H2,2H3,(H2,29,31). The maximum Gasteiger partial charge on any atom is 0.573 e. The van der Waals surface area contributed by atoms with Crippen LogP contribution in [0.4, 0.5) is 18.9 Å². The van der Waals surface area contributed by atoms with Gasteiger partial charge in [0, 0.05) is 13.5 Å². The highest BCUT2D eigenvalue weighted by molar-refractivity contribution is 5.79. The first-order valence-corrected chi connectivity index (χ1v) is 10.6. The molecule has 0 aromatic heterocycles. The van der Waals surface area contributed by atoms with Crippen LogP contribution in [-0.2, 0) is 10.6 Å². The Labute approximate surface area is 198 Å². The van der Waals surface area contributed by atoms with Gasteiger partial charge in [0.15, 0.2) is 5.69 Å². The van der Waals surface area contributed by atoms with Crippen molar-refractivity contribution in [3.8, 4) is 22.6 Å². The summed E-state index contributed by atoms with van der Waals surface area (Å²) in [6.07, 6.45) is -5.11. The second-order valence-corrected chi connectivity index (χ2v) is 8.14. The van der Waals surface area contributed by atoms with E-state index in [2.05, 4.69) is 14.6 Å². The van der Waals surface area contributed by atoms with Crippen molar-refractivity contribution in [1.29, 1.82) is 0 Å². The Morgan fingerprint density at radius 1 is 1.11 bits per heavy atom. The van der Waals surface area contributed by atoms with Gasteiger partial charge in [-0.25, -0.2) is 19.7 Å². The summed E-state index contributed by atoms with van der Waals surface area (Å²) in [7, 11) is 1.64. The van der Waals surface area contributed by atoms with Crippen LogP contribution in [0.15, 0.2) is 71.7 Å². The molecule has 0 bridgehead atoms. The summed E-state index contributed by atoms with van der Waals surface area (Å²) < 4.78 is 47.8. The van der Waals surface area contributed by atoms with Crippen LogP contribution >= 0.6 is 0 Å². The lowest BCUT2D eigenvalue weighted by atomic mass is 9.88. The van der Waals surface area contributed by atoms with Crippen molar-refractivity contribution in [1.82, 2.24) is 5.06 Å². The Morgan fingerprint density at radius 3 is 2.51 bits per heavy atom. The van der Waals surface area contributed by atoms with Crippen LogP contribution in [0, 0.1) is 6.57 Å². The van der Waals surface area contributed by atoms with Gasteiger partial charge >= 0.3 is 6.36 Å². The van der Waals surface area contributed by atoms with E-state index < -0.39 is 18.2 Å². The molecule has 0 saturated carbocycles. The number of nitrogens with zero attached hydrogens (tertiary/aromatic N) is 3. The number of rotatable bonds is 3. The van der Waals surface area contributed by atoms with Gasteiger partial charge in [-0.05, 0) is 47.0 Å². The average molecular weight is 480 g/mol. The molecular formula is C25H19F3N4O3. The molecule has 2 unspecified atom stereocenters. The molecule has 35 heavy (non-hydrogen) atoms. The molecular weight excluding hydrogens is 461 g/mol. The predicted octanol–water partition coefficient (Wildman–Crippen LogP) is 5.67. The summed E-state index contributed by atoms with van der Waals surface area (Å²) >= 11 is 0. The summed E-state index contributed by atoms with van der Waals surface area (Å²) in [5.74, 6) is 0.373. The van der Waals surface area contributed by atoms with Gasteiger partial charge in [0.05, 0.1) is 12.1 Å². The zero-order valence-corrected chi connectivity index (χ0v) is 18.4. The highest BCUT2D eigenvalue weighted by Crippen LogP contribution is 2.50. The van der Waals surface area contributed by atoms with Gasteiger partial charge in [0.2, 0.25) is 11.7 Å². The highest BCUT2D eigenvalue weighted by Gasteiger charge is 2.49. The van der Waals surface area contributed by atoms with Crippen molar-refractivity contribution < 1.29 is 27.5 Å². The van der Waals surface area contributed by atoms with Crippen molar-refractivity contribution in [3.05, 3.63) is 89.3 Å². The van der Waals surface area contributed by atoms with Crippen molar-refractivity contribution in [2.45, 2.75) is 24.6 Å². The van der Waals surface area contributed by atoms with Crippen LogP contribution in [-0.4, -0.2) is 24.4 Å². The van der Waals surface area contributed by atoms with E-state index in [0.29, 0.717) is 22.6 Å². The van der Waals surface area contributed by atoms with Crippen LogP contribution in [0.2, 0.25) is 0 Å². The molecule has 5 rings (SSSR count). The molecule has 2 atom stereocenters. The van der Waals surface area contributed by atoms with Crippen molar-refractivity contribution >= 4 is 11.6 Å². The summed E-state index contributed by atoms with van der Waals surface area (Å²) in [6.45, 7) is 7.27. The predicted molar refractivity (Wildman–Crippen MR) is 121 cm³/mol. The fraction of sp³-hybridized carbons (Fsp3) is 0.200. The molecule has 1 spiro atoms. The second-order valence-electron chi connectivity index (χ2n) is 8.14. The molecule has 0 amide bonds. The molecule has 178 valence electrons. The maximum atomic E-state index is 12.5. The minimum absolute atomic E-state index is 0.186. The van der Waals surface area contributed by atoms with Gasteiger partial charge in [0.1, 0.15) is 17.6 Å². The summed E-state index contributed by atoms with van der Waals surface area (Å²) in [5, 5.41) is 1.37. The first-order valence-electron chi connectivity index (χ1n) is 10.6. The third-order valence-corrected chi connectivity index (χ3v) is 5.83. The zero-order valence-electron chi connectivity index (χ0n) is 18.4.